The van der Waals surface area contributed by atoms with Gasteiger partial charge in [0.25, 0.3) is 0 Å². The lowest BCUT2D eigenvalue weighted by molar-refractivity contribution is -0.137. The summed E-state index contributed by atoms with van der Waals surface area (Å²) in [5.41, 5.74) is -0.476. The van der Waals surface area contributed by atoms with Gasteiger partial charge in [-0.25, -0.2) is 0 Å². The second-order valence-corrected chi connectivity index (χ2v) is 6.27. The van der Waals surface area contributed by atoms with Gasteiger partial charge in [0.15, 0.2) is 5.78 Å². The number of hydrogen-bond donors (Lipinski definition) is 0. The van der Waals surface area contributed by atoms with Crippen molar-refractivity contribution in [1.29, 1.82) is 0 Å². The van der Waals surface area contributed by atoms with Crippen LogP contribution >= 0.6 is 0 Å². The van der Waals surface area contributed by atoms with Crippen molar-refractivity contribution in [2.75, 3.05) is 26.2 Å². The molecule has 1 saturated heterocycles. The van der Waals surface area contributed by atoms with E-state index < -0.39 is 11.7 Å². The lowest BCUT2D eigenvalue weighted by Gasteiger charge is -2.28. The number of ketones is 1. The Hall–Kier alpha value is -1.82. The lowest BCUT2D eigenvalue weighted by atomic mass is 10.1. The third-order valence-corrected chi connectivity index (χ3v) is 4.70. The standard InChI is InChI=1S/C19H25F3N2O/c1-3-23(4-2)14-17-6-5-12-24(17)13-11-18(25)15-7-9-16(10-8-15)19(20,21)22/h7-11,13,17H,3-6,12,14H2,1-2H3/t17-/m0/s1. The van der Waals surface area contributed by atoms with Crippen molar-refractivity contribution in [1.82, 2.24) is 9.80 Å². The van der Waals surface area contributed by atoms with E-state index >= 15 is 0 Å². The second-order valence-electron chi connectivity index (χ2n) is 6.27. The number of likely N-dealkylation sites (N-methyl/N-ethyl adjacent to an activating group) is 1. The molecule has 0 saturated carbocycles. The first kappa shape index (κ1) is 19.5. The van der Waals surface area contributed by atoms with E-state index in [1.54, 1.807) is 6.20 Å². The number of hydrogen-bond acceptors (Lipinski definition) is 3. The van der Waals surface area contributed by atoms with Crippen molar-refractivity contribution >= 4 is 5.78 Å². The van der Waals surface area contributed by atoms with Crippen molar-refractivity contribution in [2.45, 2.75) is 38.9 Å². The van der Waals surface area contributed by atoms with Gasteiger partial charge in [-0.1, -0.05) is 26.0 Å². The molecule has 0 aromatic heterocycles. The van der Waals surface area contributed by atoms with Crippen LogP contribution in [0.1, 0.15) is 42.6 Å². The van der Waals surface area contributed by atoms with Gasteiger partial charge in [-0.3, -0.25) is 4.79 Å². The summed E-state index contributed by atoms with van der Waals surface area (Å²) in [4.78, 5) is 16.7. The number of rotatable bonds is 7. The van der Waals surface area contributed by atoms with Crippen LogP contribution in [-0.4, -0.2) is 47.8 Å². The van der Waals surface area contributed by atoms with Crippen LogP contribution in [-0.2, 0) is 6.18 Å². The fourth-order valence-corrected chi connectivity index (χ4v) is 3.11. The van der Waals surface area contributed by atoms with Gasteiger partial charge in [-0.2, -0.15) is 13.2 Å². The molecule has 0 N–H and O–H groups in total. The maximum Gasteiger partial charge on any atom is 0.416 e. The topological polar surface area (TPSA) is 23.6 Å². The number of alkyl halides is 3. The van der Waals surface area contributed by atoms with Crippen LogP contribution in [0, 0.1) is 0 Å². The Morgan fingerprint density at radius 2 is 1.88 bits per heavy atom. The van der Waals surface area contributed by atoms with Gasteiger partial charge < -0.3 is 9.80 Å². The fraction of sp³-hybridized carbons (Fsp3) is 0.526. The van der Waals surface area contributed by atoms with E-state index in [2.05, 4.69) is 23.6 Å². The molecule has 3 nitrogen and oxygen atoms in total. The highest BCUT2D eigenvalue weighted by Crippen LogP contribution is 2.29. The lowest BCUT2D eigenvalue weighted by Crippen LogP contribution is -2.38. The minimum Gasteiger partial charge on any atom is -0.373 e. The molecule has 0 aliphatic carbocycles. The van der Waals surface area contributed by atoms with E-state index in [0.29, 0.717) is 6.04 Å². The molecule has 6 heteroatoms. The Bertz CT molecular complexity index is 592. The van der Waals surface area contributed by atoms with Crippen LogP contribution in [0.25, 0.3) is 0 Å². The zero-order valence-corrected chi connectivity index (χ0v) is 14.7. The Labute approximate surface area is 147 Å². The van der Waals surface area contributed by atoms with E-state index in [-0.39, 0.29) is 11.3 Å². The van der Waals surface area contributed by atoms with Crippen LogP contribution in [0.3, 0.4) is 0 Å². The Kier molecular flexibility index (Phi) is 6.64. The predicted molar refractivity (Wildman–Crippen MR) is 92.4 cm³/mol. The molecule has 0 spiro atoms. The molecule has 0 radical (unpaired) electrons. The van der Waals surface area contributed by atoms with Crippen LogP contribution in [0.5, 0.6) is 0 Å². The number of halogens is 3. The zero-order valence-electron chi connectivity index (χ0n) is 14.7. The highest BCUT2D eigenvalue weighted by molar-refractivity contribution is 6.04. The van der Waals surface area contributed by atoms with E-state index in [9.17, 15) is 18.0 Å². The molecule has 0 unspecified atom stereocenters. The zero-order chi connectivity index (χ0) is 18.4. The molecule has 0 bridgehead atoms. The van der Waals surface area contributed by atoms with Crippen molar-refractivity contribution in [3.05, 3.63) is 47.7 Å². The molecule has 1 aromatic carbocycles. The number of allylic oxidation sites excluding steroid dienone is 1. The Morgan fingerprint density at radius 3 is 2.44 bits per heavy atom. The molecule has 1 aliphatic rings. The summed E-state index contributed by atoms with van der Waals surface area (Å²) >= 11 is 0. The summed E-state index contributed by atoms with van der Waals surface area (Å²) in [5, 5.41) is 0. The first-order valence-electron chi connectivity index (χ1n) is 8.73. The van der Waals surface area contributed by atoms with E-state index in [1.165, 1.54) is 18.2 Å². The van der Waals surface area contributed by atoms with Gasteiger partial charge in [0.2, 0.25) is 0 Å². The normalized spacial score (nSPS) is 18.5. The monoisotopic (exact) mass is 354 g/mol. The molecular formula is C19H25F3N2O. The smallest absolute Gasteiger partial charge is 0.373 e. The Morgan fingerprint density at radius 1 is 1.24 bits per heavy atom. The van der Waals surface area contributed by atoms with Crippen molar-refractivity contribution < 1.29 is 18.0 Å². The average Bonchev–Trinajstić information content (AvgIpc) is 3.04. The highest BCUT2D eigenvalue weighted by atomic mass is 19.4. The van der Waals surface area contributed by atoms with Crippen LogP contribution in [0.2, 0.25) is 0 Å². The van der Waals surface area contributed by atoms with E-state index in [1.807, 2.05) is 0 Å². The van der Waals surface area contributed by atoms with Gasteiger partial charge in [-0.15, -0.1) is 0 Å². The molecule has 1 aromatic rings. The van der Waals surface area contributed by atoms with E-state index in [4.69, 9.17) is 0 Å². The predicted octanol–water partition coefficient (Wildman–Crippen LogP) is 4.21. The first-order chi connectivity index (χ1) is 11.8. The van der Waals surface area contributed by atoms with Crippen molar-refractivity contribution in [2.24, 2.45) is 0 Å². The summed E-state index contributed by atoms with van der Waals surface area (Å²) in [6.07, 6.45) is 1.05. The van der Waals surface area contributed by atoms with Crippen LogP contribution in [0.4, 0.5) is 13.2 Å². The molecule has 2 rings (SSSR count). The van der Waals surface area contributed by atoms with Crippen molar-refractivity contribution in [3.63, 3.8) is 0 Å². The highest BCUT2D eigenvalue weighted by Gasteiger charge is 2.30. The summed E-state index contributed by atoms with van der Waals surface area (Å²) in [6, 6.07) is 4.73. The summed E-state index contributed by atoms with van der Waals surface area (Å²) in [5.74, 6) is -0.276. The van der Waals surface area contributed by atoms with Gasteiger partial charge in [0.05, 0.1) is 5.56 Å². The first-order valence-corrected chi connectivity index (χ1v) is 8.73. The van der Waals surface area contributed by atoms with Gasteiger partial charge in [0, 0.05) is 37.0 Å². The summed E-state index contributed by atoms with van der Waals surface area (Å²) in [6.45, 7) is 8.12. The van der Waals surface area contributed by atoms with Gasteiger partial charge >= 0.3 is 6.18 Å². The van der Waals surface area contributed by atoms with Crippen molar-refractivity contribution in [3.8, 4) is 0 Å². The number of carbonyl (C=O) groups is 1. The molecule has 1 atom stereocenters. The maximum atomic E-state index is 12.6. The number of nitrogens with zero attached hydrogens (tertiary/aromatic N) is 2. The summed E-state index contributed by atoms with van der Waals surface area (Å²) < 4.78 is 37.7. The number of benzene rings is 1. The third kappa shape index (κ3) is 5.33. The van der Waals surface area contributed by atoms with Crippen LogP contribution < -0.4 is 0 Å². The quantitative estimate of drug-likeness (QED) is 0.541. The fourth-order valence-electron chi connectivity index (χ4n) is 3.11. The number of carbonyl (C=O) groups excluding carboxylic acids is 1. The third-order valence-electron chi connectivity index (χ3n) is 4.70. The molecule has 25 heavy (non-hydrogen) atoms. The van der Waals surface area contributed by atoms with Gasteiger partial charge in [0.1, 0.15) is 0 Å². The second kappa shape index (κ2) is 8.52. The van der Waals surface area contributed by atoms with Crippen LogP contribution in [0.15, 0.2) is 36.5 Å². The SMILES string of the molecule is CCN(CC)C[C@@H]1CCCN1C=CC(=O)c1ccc(C(F)(F)F)cc1. The Balaban J connectivity index is 1.99. The molecule has 1 fully saturated rings. The minimum absolute atomic E-state index is 0.267. The molecule has 138 valence electrons. The van der Waals surface area contributed by atoms with Gasteiger partial charge in [-0.05, 0) is 38.1 Å². The maximum absolute atomic E-state index is 12.6. The molecule has 1 heterocycles. The molecular weight excluding hydrogens is 329 g/mol. The summed E-state index contributed by atoms with van der Waals surface area (Å²) in [7, 11) is 0. The molecule has 1 aliphatic heterocycles. The number of likely N-dealkylation sites (tertiary alicyclic amines) is 1. The molecule has 0 amide bonds. The average molecular weight is 354 g/mol. The minimum atomic E-state index is -4.38. The van der Waals surface area contributed by atoms with E-state index in [0.717, 1.165) is 51.2 Å². The largest absolute Gasteiger partial charge is 0.416 e.